The number of rotatable bonds is 6. The smallest absolute Gasteiger partial charge is 0.166 e. The van der Waals surface area contributed by atoms with E-state index in [1.54, 1.807) is 7.11 Å². The number of nitrogens with zero attached hydrogens (tertiary/aromatic N) is 1. The summed E-state index contributed by atoms with van der Waals surface area (Å²) < 4.78 is 19.3. The molecule has 1 aromatic carbocycles. The predicted octanol–water partition coefficient (Wildman–Crippen LogP) is 3.86. The molecule has 4 bridgehead atoms. The van der Waals surface area contributed by atoms with Gasteiger partial charge in [0, 0.05) is 36.6 Å². The lowest BCUT2D eigenvalue weighted by atomic mass is 9.36. The lowest BCUT2D eigenvalue weighted by Gasteiger charge is -2.72. The van der Waals surface area contributed by atoms with Gasteiger partial charge >= 0.3 is 0 Å². The first kappa shape index (κ1) is 20.8. The molecule has 3 fully saturated rings. The van der Waals surface area contributed by atoms with Gasteiger partial charge in [0.25, 0.3) is 0 Å². The highest BCUT2D eigenvalue weighted by molar-refractivity contribution is 5.65. The van der Waals surface area contributed by atoms with Gasteiger partial charge in [-0.1, -0.05) is 25.1 Å². The first-order valence-electron chi connectivity index (χ1n) is 13.0. The zero-order valence-electron chi connectivity index (χ0n) is 20.4. The second-order valence-corrected chi connectivity index (χ2v) is 11.9. The van der Waals surface area contributed by atoms with Gasteiger partial charge in [0.05, 0.1) is 18.1 Å². The lowest BCUT2D eigenvalue weighted by molar-refractivity contribution is -0.248. The van der Waals surface area contributed by atoms with Crippen LogP contribution in [-0.4, -0.2) is 60.7 Å². The summed E-state index contributed by atoms with van der Waals surface area (Å²) in [4.78, 5) is 2.80. The van der Waals surface area contributed by atoms with Crippen molar-refractivity contribution in [3.8, 4) is 11.5 Å². The number of likely N-dealkylation sites (tertiary alicyclic amines) is 1. The van der Waals surface area contributed by atoms with Crippen LogP contribution in [0.15, 0.2) is 24.3 Å². The van der Waals surface area contributed by atoms with Crippen LogP contribution in [0.1, 0.15) is 57.1 Å². The number of aliphatic hydroxyl groups is 1. The standard InChI is InChI=1S/C28H37NO4/c1-5-25(2,30)20-15-26-10-11-28(20,32-4)24-27(26)12-13-29(16-17-6-7-17)21(26)14-18-8-9-19(31-3)23(33-24)22(18)27/h8-11,17,20-21,24,30H,5-7,12-16H2,1-4H3/t20-,21+,24+,25+,26-,27-,28-/m0/s1. The van der Waals surface area contributed by atoms with Crippen molar-refractivity contribution in [1.82, 2.24) is 4.90 Å². The zero-order chi connectivity index (χ0) is 22.8. The van der Waals surface area contributed by atoms with Gasteiger partial charge in [-0.2, -0.15) is 0 Å². The molecule has 178 valence electrons. The van der Waals surface area contributed by atoms with Gasteiger partial charge in [0.1, 0.15) is 11.7 Å². The molecule has 5 aliphatic carbocycles. The third-order valence-corrected chi connectivity index (χ3v) is 10.8. The monoisotopic (exact) mass is 451 g/mol. The van der Waals surface area contributed by atoms with E-state index in [4.69, 9.17) is 14.2 Å². The number of ether oxygens (including phenoxy) is 3. The van der Waals surface area contributed by atoms with Gasteiger partial charge in [0.2, 0.25) is 0 Å². The normalized spacial score (nSPS) is 43.7. The molecular weight excluding hydrogens is 414 g/mol. The lowest BCUT2D eigenvalue weighted by Crippen LogP contribution is -2.80. The Kier molecular flexibility index (Phi) is 4.00. The maximum absolute atomic E-state index is 11.7. The summed E-state index contributed by atoms with van der Waals surface area (Å²) >= 11 is 0. The van der Waals surface area contributed by atoms with Crippen LogP contribution in [-0.2, 0) is 16.6 Å². The Hall–Kier alpha value is -1.56. The van der Waals surface area contributed by atoms with Crippen molar-refractivity contribution < 1.29 is 19.3 Å². The maximum atomic E-state index is 11.7. The minimum Gasteiger partial charge on any atom is -0.493 e. The number of benzene rings is 1. The molecule has 1 aromatic rings. The Bertz CT molecular complexity index is 1050. The summed E-state index contributed by atoms with van der Waals surface area (Å²) in [5.74, 6) is 2.60. The molecule has 1 N–H and O–H groups in total. The average Bonchev–Trinajstić information content (AvgIpc) is 3.57. The Balaban J connectivity index is 1.50. The molecule has 5 nitrogen and oxygen atoms in total. The Morgan fingerprint density at radius 2 is 2.06 bits per heavy atom. The third-order valence-electron chi connectivity index (χ3n) is 10.8. The molecule has 8 rings (SSSR count). The topological polar surface area (TPSA) is 51.2 Å². The van der Waals surface area contributed by atoms with E-state index in [2.05, 4.69) is 36.1 Å². The Labute approximate surface area is 197 Å². The highest BCUT2D eigenvalue weighted by atomic mass is 16.6. The fraction of sp³-hybridized carbons (Fsp3) is 0.714. The molecular formula is C28H37NO4. The summed E-state index contributed by atoms with van der Waals surface area (Å²) in [6.45, 7) is 6.42. The largest absolute Gasteiger partial charge is 0.493 e. The molecule has 0 amide bonds. The van der Waals surface area contributed by atoms with Crippen LogP contribution in [0.2, 0.25) is 0 Å². The molecule has 0 radical (unpaired) electrons. The van der Waals surface area contributed by atoms with E-state index in [-0.39, 0.29) is 22.9 Å². The molecule has 7 atom stereocenters. The van der Waals surface area contributed by atoms with Crippen LogP contribution in [0.3, 0.4) is 0 Å². The van der Waals surface area contributed by atoms with Crippen molar-refractivity contribution in [2.75, 3.05) is 27.3 Å². The molecule has 0 aromatic heterocycles. The summed E-state index contributed by atoms with van der Waals surface area (Å²) in [6, 6.07) is 4.82. The minimum absolute atomic E-state index is 0.0200. The van der Waals surface area contributed by atoms with Gasteiger partial charge in [-0.05, 0) is 69.5 Å². The van der Waals surface area contributed by atoms with E-state index in [9.17, 15) is 5.11 Å². The van der Waals surface area contributed by atoms with E-state index < -0.39 is 11.2 Å². The second-order valence-electron chi connectivity index (χ2n) is 11.9. The number of fused-ring (bicyclic) bond motifs is 1. The maximum Gasteiger partial charge on any atom is 0.166 e. The number of piperidine rings is 1. The molecule has 2 heterocycles. The van der Waals surface area contributed by atoms with Crippen LogP contribution < -0.4 is 9.47 Å². The van der Waals surface area contributed by atoms with Crippen LogP contribution in [0, 0.1) is 17.3 Å². The fourth-order valence-electron chi connectivity index (χ4n) is 8.88. The summed E-state index contributed by atoms with van der Waals surface area (Å²) in [7, 11) is 3.55. The third kappa shape index (κ3) is 2.21. The molecule has 33 heavy (non-hydrogen) atoms. The van der Waals surface area contributed by atoms with Crippen LogP contribution >= 0.6 is 0 Å². The predicted molar refractivity (Wildman–Crippen MR) is 126 cm³/mol. The molecule has 1 saturated heterocycles. The summed E-state index contributed by atoms with van der Waals surface area (Å²) in [6.07, 6.45) is 11.2. The van der Waals surface area contributed by atoms with E-state index >= 15 is 0 Å². The first-order valence-corrected chi connectivity index (χ1v) is 13.0. The summed E-state index contributed by atoms with van der Waals surface area (Å²) in [5.41, 5.74) is 1.15. The van der Waals surface area contributed by atoms with Gasteiger partial charge in [0.15, 0.2) is 11.5 Å². The van der Waals surface area contributed by atoms with Crippen LogP contribution in [0.5, 0.6) is 11.5 Å². The fourth-order valence-corrected chi connectivity index (χ4v) is 8.88. The van der Waals surface area contributed by atoms with E-state index in [1.807, 2.05) is 14.0 Å². The molecule has 2 spiro atoms. The highest BCUT2D eigenvalue weighted by Gasteiger charge is 2.80. The highest BCUT2D eigenvalue weighted by Crippen LogP contribution is 2.75. The number of methoxy groups -OCH3 is 2. The average molecular weight is 452 g/mol. The molecule has 5 heteroatoms. The van der Waals surface area contributed by atoms with Crippen molar-refractivity contribution in [3.05, 3.63) is 35.4 Å². The van der Waals surface area contributed by atoms with Crippen molar-refractivity contribution in [2.45, 2.75) is 81.1 Å². The quantitative estimate of drug-likeness (QED) is 0.666. The number of hydrogen-bond donors (Lipinski definition) is 1. The van der Waals surface area contributed by atoms with E-state index in [0.29, 0.717) is 12.5 Å². The van der Waals surface area contributed by atoms with Crippen LogP contribution in [0.25, 0.3) is 0 Å². The molecule has 2 saturated carbocycles. The Morgan fingerprint density at radius 3 is 2.76 bits per heavy atom. The molecule has 0 unspecified atom stereocenters. The van der Waals surface area contributed by atoms with E-state index in [0.717, 1.165) is 43.2 Å². The van der Waals surface area contributed by atoms with Gasteiger partial charge in [-0.25, -0.2) is 0 Å². The zero-order valence-corrected chi connectivity index (χ0v) is 20.4. The molecule has 2 aliphatic heterocycles. The first-order chi connectivity index (χ1) is 15.9. The van der Waals surface area contributed by atoms with Crippen LogP contribution in [0.4, 0.5) is 0 Å². The van der Waals surface area contributed by atoms with E-state index in [1.165, 1.54) is 30.5 Å². The van der Waals surface area contributed by atoms with Crippen molar-refractivity contribution in [2.24, 2.45) is 17.3 Å². The van der Waals surface area contributed by atoms with Gasteiger partial charge in [-0.15, -0.1) is 0 Å². The van der Waals surface area contributed by atoms with Crippen molar-refractivity contribution >= 4 is 0 Å². The Morgan fingerprint density at radius 1 is 1.24 bits per heavy atom. The number of hydrogen-bond acceptors (Lipinski definition) is 5. The van der Waals surface area contributed by atoms with Gasteiger partial charge in [-0.3, -0.25) is 4.90 Å². The SMILES string of the molecule is CC[C@@](C)(O)[C@@H]1C[C@]23C=C[C@@]1(OC)[C@@H]1Oc4c(OC)ccc5c4[C@@]12CCN(CC1CC1)[C@@H]3C5. The van der Waals surface area contributed by atoms with Crippen molar-refractivity contribution in [3.63, 3.8) is 0 Å². The van der Waals surface area contributed by atoms with Crippen molar-refractivity contribution in [1.29, 1.82) is 0 Å². The minimum atomic E-state index is -0.826. The summed E-state index contributed by atoms with van der Waals surface area (Å²) in [5, 5.41) is 11.7. The molecule has 7 aliphatic rings. The van der Waals surface area contributed by atoms with Gasteiger partial charge < -0.3 is 19.3 Å². The second kappa shape index (κ2) is 6.35.